The summed E-state index contributed by atoms with van der Waals surface area (Å²) in [5, 5.41) is 3.97. The molecule has 0 aliphatic heterocycles. The van der Waals surface area contributed by atoms with Crippen LogP contribution in [0.25, 0.3) is 10.8 Å². The van der Waals surface area contributed by atoms with Crippen LogP contribution in [0.5, 0.6) is 11.5 Å². The van der Waals surface area contributed by atoms with Crippen molar-refractivity contribution in [3.8, 4) is 11.5 Å². The number of hydrogen-bond donors (Lipinski definition) is 2. The molecule has 7 nitrogen and oxygen atoms in total. The van der Waals surface area contributed by atoms with Gasteiger partial charge in [-0.1, -0.05) is 24.3 Å². The SMILES string of the molecule is COc1ccc(NS(=O)(=O)c2ccc(NC(=O)c3ccc(OC)cc3)c3ccccc23)cc1. The normalized spacial score (nSPS) is 11.1. The topological polar surface area (TPSA) is 93.7 Å². The molecule has 0 heterocycles. The Labute approximate surface area is 192 Å². The zero-order chi connectivity index (χ0) is 23.4. The third-order valence-electron chi connectivity index (χ3n) is 5.12. The van der Waals surface area contributed by atoms with Crippen molar-refractivity contribution < 1.29 is 22.7 Å². The smallest absolute Gasteiger partial charge is 0.262 e. The Morgan fingerprint density at radius 3 is 1.91 bits per heavy atom. The van der Waals surface area contributed by atoms with E-state index in [2.05, 4.69) is 10.0 Å². The Kier molecular flexibility index (Phi) is 6.19. The van der Waals surface area contributed by atoms with Gasteiger partial charge in [-0.25, -0.2) is 8.42 Å². The van der Waals surface area contributed by atoms with Crippen LogP contribution < -0.4 is 19.5 Å². The highest BCUT2D eigenvalue weighted by Crippen LogP contribution is 2.31. The number of nitrogens with one attached hydrogen (secondary N) is 2. The van der Waals surface area contributed by atoms with Crippen LogP contribution in [0.4, 0.5) is 11.4 Å². The van der Waals surface area contributed by atoms with E-state index in [1.807, 2.05) is 0 Å². The predicted octanol–water partition coefficient (Wildman–Crippen LogP) is 4.91. The average molecular weight is 463 g/mol. The lowest BCUT2D eigenvalue weighted by atomic mass is 10.1. The highest BCUT2D eigenvalue weighted by atomic mass is 32.2. The molecule has 0 aliphatic carbocycles. The van der Waals surface area contributed by atoms with Crippen molar-refractivity contribution in [1.29, 1.82) is 0 Å². The Morgan fingerprint density at radius 1 is 0.727 bits per heavy atom. The third-order valence-corrected chi connectivity index (χ3v) is 6.56. The number of methoxy groups -OCH3 is 2. The van der Waals surface area contributed by atoms with Gasteiger partial charge in [-0.15, -0.1) is 0 Å². The molecule has 4 aromatic carbocycles. The first-order chi connectivity index (χ1) is 15.9. The summed E-state index contributed by atoms with van der Waals surface area (Å²) in [6, 6.07) is 23.4. The van der Waals surface area contributed by atoms with E-state index in [0.29, 0.717) is 39.2 Å². The number of fused-ring (bicyclic) bond motifs is 1. The van der Waals surface area contributed by atoms with Crippen LogP contribution in [-0.4, -0.2) is 28.5 Å². The van der Waals surface area contributed by atoms with Crippen molar-refractivity contribution in [2.45, 2.75) is 4.90 Å². The molecule has 0 aliphatic rings. The van der Waals surface area contributed by atoms with E-state index >= 15 is 0 Å². The summed E-state index contributed by atoms with van der Waals surface area (Å²) < 4.78 is 39.1. The third kappa shape index (κ3) is 4.75. The summed E-state index contributed by atoms with van der Waals surface area (Å²) >= 11 is 0. The Morgan fingerprint density at radius 2 is 1.30 bits per heavy atom. The quantitative estimate of drug-likeness (QED) is 0.407. The Balaban J connectivity index is 1.66. The second-order valence-electron chi connectivity index (χ2n) is 7.17. The number of carbonyl (C=O) groups is 1. The van der Waals surface area contributed by atoms with Gasteiger partial charge in [-0.3, -0.25) is 9.52 Å². The molecular formula is C25H22N2O5S. The van der Waals surface area contributed by atoms with Crippen LogP contribution in [0.3, 0.4) is 0 Å². The van der Waals surface area contributed by atoms with Crippen molar-refractivity contribution in [2.75, 3.05) is 24.3 Å². The van der Waals surface area contributed by atoms with E-state index in [1.54, 1.807) is 93.1 Å². The highest BCUT2D eigenvalue weighted by molar-refractivity contribution is 7.93. The fourth-order valence-electron chi connectivity index (χ4n) is 3.42. The summed E-state index contributed by atoms with van der Waals surface area (Å²) in [4.78, 5) is 12.8. The first kappa shape index (κ1) is 22.2. The van der Waals surface area contributed by atoms with Gasteiger partial charge in [0.15, 0.2) is 0 Å². The number of rotatable bonds is 7. The minimum absolute atomic E-state index is 0.108. The molecule has 168 valence electrons. The fourth-order valence-corrected chi connectivity index (χ4v) is 4.69. The molecule has 0 atom stereocenters. The maximum atomic E-state index is 13.1. The van der Waals surface area contributed by atoms with Gasteiger partial charge in [0.2, 0.25) is 0 Å². The van der Waals surface area contributed by atoms with Gasteiger partial charge in [-0.05, 0) is 60.7 Å². The minimum Gasteiger partial charge on any atom is -0.497 e. The van der Waals surface area contributed by atoms with Crippen LogP contribution in [0, 0.1) is 0 Å². The maximum Gasteiger partial charge on any atom is 0.262 e. The summed E-state index contributed by atoms with van der Waals surface area (Å²) in [5.41, 5.74) is 1.38. The summed E-state index contributed by atoms with van der Waals surface area (Å²) in [7, 11) is -0.784. The van der Waals surface area contributed by atoms with E-state index in [-0.39, 0.29) is 10.8 Å². The molecule has 0 saturated carbocycles. The van der Waals surface area contributed by atoms with Gasteiger partial charge in [0, 0.05) is 27.7 Å². The molecule has 0 spiro atoms. The maximum absolute atomic E-state index is 13.1. The molecule has 0 saturated heterocycles. The minimum atomic E-state index is -3.88. The number of sulfonamides is 1. The first-order valence-corrected chi connectivity index (χ1v) is 11.5. The van der Waals surface area contributed by atoms with Gasteiger partial charge in [0.05, 0.1) is 19.1 Å². The summed E-state index contributed by atoms with van der Waals surface area (Å²) in [6.45, 7) is 0. The monoisotopic (exact) mass is 462 g/mol. The number of hydrogen-bond acceptors (Lipinski definition) is 5. The van der Waals surface area contributed by atoms with Crippen LogP contribution in [0.1, 0.15) is 10.4 Å². The van der Waals surface area contributed by atoms with Crippen LogP contribution in [-0.2, 0) is 10.0 Å². The van der Waals surface area contributed by atoms with Crippen LogP contribution in [0.15, 0.2) is 89.8 Å². The van der Waals surface area contributed by atoms with Gasteiger partial charge in [0.1, 0.15) is 11.5 Å². The van der Waals surface area contributed by atoms with Crippen molar-refractivity contribution in [2.24, 2.45) is 0 Å². The average Bonchev–Trinajstić information content (AvgIpc) is 2.84. The lowest BCUT2D eigenvalue weighted by Gasteiger charge is -2.14. The zero-order valence-corrected chi connectivity index (χ0v) is 18.8. The molecule has 33 heavy (non-hydrogen) atoms. The Hall–Kier alpha value is -4.04. The fraction of sp³-hybridized carbons (Fsp3) is 0.0800. The van der Waals surface area contributed by atoms with Gasteiger partial charge < -0.3 is 14.8 Å². The van der Waals surface area contributed by atoms with E-state index in [0.717, 1.165) is 0 Å². The van der Waals surface area contributed by atoms with Crippen molar-refractivity contribution in [3.63, 3.8) is 0 Å². The van der Waals surface area contributed by atoms with E-state index < -0.39 is 10.0 Å². The molecule has 4 rings (SSSR count). The molecule has 2 N–H and O–H groups in total. The van der Waals surface area contributed by atoms with Gasteiger partial charge in [0.25, 0.3) is 15.9 Å². The number of carbonyl (C=O) groups excluding carboxylic acids is 1. The molecule has 0 unspecified atom stereocenters. The van der Waals surface area contributed by atoms with E-state index in [9.17, 15) is 13.2 Å². The molecule has 4 aromatic rings. The Bertz CT molecular complexity index is 1400. The molecule has 0 fully saturated rings. The number of amides is 1. The van der Waals surface area contributed by atoms with Gasteiger partial charge >= 0.3 is 0 Å². The molecule has 0 bridgehead atoms. The zero-order valence-electron chi connectivity index (χ0n) is 18.0. The molecule has 1 amide bonds. The van der Waals surface area contributed by atoms with E-state index in [1.165, 1.54) is 6.07 Å². The predicted molar refractivity (Wildman–Crippen MR) is 129 cm³/mol. The van der Waals surface area contributed by atoms with E-state index in [4.69, 9.17) is 9.47 Å². The van der Waals surface area contributed by atoms with Crippen LogP contribution in [0.2, 0.25) is 0 Å². The first-order valence-electron chi connectivity index (χ1n) is 10.1. The van der Waals surface area contributed by atoms with Crippen molar-refractivity contribution in [3.05, 3.63) is 90.5 Å². The number of benzene rings is 4. The molecular weight excluding hydrogens is 440 g/mol. The second kappa shape index (κ2) is 9.22. The number of ether oxygens (including phenoxy) is 2. The van der Waals surface area contributed by atoms with Crippen molar-refractivity contribution >= 4 is 38.1 Å². The standard InChI is InChI=1S/C25H22N2O5S/c1-31-19-11-7-17(8-12-19)25(28)26-23-15-16-24(22-6-4-3-5-21(22)23)33(29,30)27-18-9-13-20(32-2)14-10-18/h3-16,27H,1-2H3,(H,26,28). The van der Waals surface area contributed by atoms with Crippen LogP contribution >= 0.6 is 0 Å². The van der Waals surface area contributed by atoms with Gasteiger partial charge in [-0.2, -0.15) is 0 Å². The highest BCUT2D eigenvalue weighted by Gasteiger charge is 2.20. The molecule has 0 aromatic heterocycles. The summed E-state index contributed by atoms with van der Waals surface area (Å²) in [6.07, 6.45) is 0. The lowest BCUT2D eigenvalue weighted by molar-refractivity contribution is 0.102. The largest absolute Gasteiger partial charge is 0.497 e. The second-order valence-corrected chi connectivity index (χ2v) is 8.82. The lowest BCUT2D eigenvalue weighted by Crippen LogP contribution is -2.15. The summed E-state index contributed by atoms with van der Waals surface area (Å²) in [5.74, 6) is 0.964. The molecule has 8 heteroatoms. The number of anilines is 2. The van der Waals surface area contributed by atoms with Crippen molar-refractivity contribution in [1.82, 2.24) is 0 Å². The molecule has 0 radical (unpaired) electrons.